The topological polar surface area (TPSA) is 41.8 Å². The molecule has 0 spiro atoms. The highest BCUT2D eigenvalue weighted by Crippen LogP contribution is 2.41. The molecule has 0 aliphatic heterocycles. The molecule has 0 radical (unpaired) electrons. The van der Waals surface area contributed by atoms with Gasteiger partial charge in [-0.2, -0.15) is 0 Å². The van der Waals surface area contributed by atoms with Crippen LogP contribution in [0.2, 0.25) is 0 Å². The van der Waals surface area contributed by atoms with Crippen LogP contribution in [0.25, 0.3) is 17.0 Å². The van der Waals surface area contributed by atoms with E-state index in [1.54, 1.807) is 0 Å². The van der Waals surface area contributed by atoms with E-state index in [1.165, 1.54) is 27.7 Å². The lowest BCUT2D eigenvalue weighted by Gasteiger charge is -2.25. The van der Waals surface area contributed by atoms with E-state index < -0.39 is 0 Å². The molecule has 1 aromatic heterocycles. The lowest BCUT2D eigenvalue weighted by molar-refractivity contribution is 0.532. The first-order valence-corrected chi connectivity index (χ1v) is 7.92. The number of benzene rings is 2. The van der Waals surface area contributed by atoms with Gasteiger partial charge in [0.05, 0.1) is 0 Å². The minimum atomic E-state index is 0.128. The summed E-state index contributed by atoms with van der Waals surface area (Å²) < 4.78 is 0. The molecule has 0 saturated carbocycles. The molecule has 2 heteroatoms. The molecule has 0 bridgehead atoms. The van der Waals surface area contributed by atoms with E-state index in [0.717, 1.165) is 12.8 Å². The van der Waals surface area contributed by atoms with Gasteiger partial charge in [-0.15, -0.1) is 0 Å². The molecular formula is C20H20N2. The molecule has 2 unspecified atom stereocenters. The summed E-state index contributed by atoms with van der Waals surface area (Å²) in [4.78, 5) is 3.54. The average molecular weight is 288 g/mol. The monoisotopic (exact) mass is 288 g/mol. The fraction of sp³-hybridized carbons (Fsp3) is 0.200. The van der Waals surface area contributed by atoms with Crippen LogP contribution >= 0.6 is 0 Å². The number of H-pyrrole nitrogens is 1. The van der Waals surface area contributed by atoms with Crippen LogP contribution in [0.1, 0.15) is 41.6 Å². The standard InChI is InChI=1S/C20H20N2/c21-17-13-12-15(11-10-14-6-2-1-3-7-14)19-16-8-4-5-9-18(16)22-20(17)19/h1-11,15,17,22H,12-13,21H2. The predicted octanol–water partition coefficient (Wildman–Crippen LogP) is 4.76. The van der Waals surface area contributed by atoms with E-state index in [4.69, 9.17) is 5.73 Å². The number of nitrogens with one attached hydrogen (secondary N) is 1. The van der Waals surface area contributed by atoms with E-state index in [1.807, 2.05) is 0 Å². The number of hydrogen-bond acceptors (Lipinski definition) is 1. The number of aromatic nitrogens is 1. The summed E-state index contributed by atoms with van der Waals surface area (Å²) in [5, 5.41) is 1.32. The van der Waals surface area contributed by atoms with Crippen molar-refractivity contribution in [3.8, 4) is 0 Å². The molecule has 3 aromatic rings. The fourth-order valence-corrected chi connectivity index (χ4v) is 3.51. The van der Waals surface area contributed by atoms with E-state index in [0.29, 0.717) is 5.92 Å². The van der Waals surface area contributed by atoms with Crippen molar-refractivity contribution in [3.63, 3.8) is 0 Å². The highest BCUT2D eigenvalue weighted by atomic mass is 14.8. The average Bonchev–Trinajstić information content (AvgIpc) is 2.96. The van der Waals surface area contributed by atoms with Gasteiger partial charge in [0.15, 0.2) is 0 Å². The fourth-order valence-electron chi connectivity index (χ4n) is 3.51. The van der Waals surface area contributed by atoms with Crippen molar-refractivity contribution in [1.29, 1.82) is 0 Å². The summed E-state index contributed by atoms with van der Waals surface area (Å²) >= 11 is 0. The van der Waals surface area contributed by atoms with Gasteiger partial charge in [-0.05, 0) is 30.0 Å². The molecule has 2 aromatic carbocycles. The first-order valence-electron chi connectivity index (χ1n) is 7.92. The highest BCUT2D eigenvalue weighted by Gasteiger charge is 2.27. The Hall–Kier alpha value is -2.32. The van der Waals surface area contributed by atoms with Gasteiger partial charge in [0, 0.05) is 28.6 Å². The van der Waals surface area contributed by atoms with Gasteiger partial charge >= 0.3 is 0 Å². The predicted molar refractivity (Wildman–Crippen MR) is 92.7 cm³/mol. The number of nitrogens with two attached hydrogens (primary N) is 1. The van der Waals surface area contributed by atoms with Crippen molar-refractivity contribution < 1.29 is 0 Å². The summed E-state index contributed by atoms with van der Waals surface area (Å²) in [6.07, 6.45) is 6.70. The molecule has 110 valence electrons. The van der Waals surface area contributed by atoms with Crippen molar-refractivity contribution in [3.05, 3.63) is 77.5 Å². The zero-order valence-corrected chi connectivity index (χ0v) is 12.5. The lowest BCUT2D eigenvalue weighted by atomic mass is 9.82. The quantitative estimate of drug-likeness (QED) is 0.701. The van der Waals surface area contributed by atoms with E-state index >= 15 is 0 Å². The molecule has 4 rings (SSSR count). The molecule has 22 heavy (non-hydrogen) atoms. The largest absolute Gasteiger partial charge is 0.357 e. The van der Waals surface area contributed by atoms with Gasteiger partial charge in [-0.3, -0.25) is 0 Å². The maximum atomic E-state index is 6.32. The lowest BCUT2D eigenvalue weighted by Crippen LogP contribution is -2.19. The molecule has 1 aliphatic rings. The Morgan fingerprint density at radius 1 is 0.955 bits per heavy atom. The molecule has 0 fully saturated rings. The molecule has 3 N–H and O–H groups in total. The minimum Gasteiger partial charge on any atom is -0.357 e. The number of para-hydroxylation sites is 1. The second-order valence-corrected chi connectivity index (χ2v) is 6.06. The van der Waals surface area contributed by atoms with E-state index in [-0.39, 0.29) is 6.04 Å². The van der Waals surface area contributed by atoms with E-state index in [2.05, 4.69) is 71.7 Å². The molecule has 1 heterocycles. The third-order valence-electron chi connectivity index (χ3n) is 4.63. The Labute approximate surface area is 130 Å². The molecular weight excluding hydrogens is 268 g/mol. The summed E-state index contributed by atoms with van der Waals surface area (Å²) in [5.74, 6) is 0.436. The van der Waals surface area contributed by atoms with Crippen LogP contribution in [0.4, 0.5) is 0 Å². The summed E-state index contributed by atoms with van der Waals surface area (Å²) in [7, 11) is 0. The van der Waals surface area contributed by atoms with Crippen LogP contribution in [0, 0.1) is 0 Å². The van der Waals surface area contributed by atoms with E-state index in [9.17, 15) is 0 Å². The van der Waals surface area contributed by atoms with Gasteiger partial charge in [-0.25, -0.2) is 0 Å². The molecule has 1 aliphatic carbocycles. The van der Waals surface area contributed by atoms with Crippen molar-refractivity contribution in [1.82, 2.24) is 4.98 Å². The second-order valence-electron chi connectivity index (χ2n) is 6.06. The maximum Gasteiger partial charge on any atom is 0.0459 e. The summed E-state index contributed by atoms with van der Waals surface area (Å²) in [5.41, 5.74) is 11.4. The van der Waals surface area contributed by atoms with Crippen LogP contribution in [-0.4, -0.2) is 4.98 Å². The number of allylic oxidation sites excluding steroid dienone is 1. The maximum absolute atomic E-state index is 6.32. The smallest absolute Gasteiger partial charge is 0.0459 e. The van der Waals surface area contributed by atoms with Crippen LogP contribution in [-0.2, 0) is 0 Å². The molecule has 0 saturated heterocycles. The molecule has 0 amide bonds. The SMILES string of the molecule is NC1CCC(C=Cc2ccccc2)c2c1[nH]c1ccccc21. The van der Waals surface area contributed by atoms with Crippen LogP contribution in [0.5, 0.6) is 0 Å². The van der Waals surface area contributed by atoms with Crippen LogP contribution in [0.3, 0.4) is 0 Å². The van der Waals surface area contributed by atoms with Crippen molar-refractivity contribution in [2.75, 3.05) is 0 Å². The first kappa shape index (κ1) is 13.4. The number of aromatic amines is 1. The van der Waals surface area contributed by atoms with Gasteiger partial charge in [-0.1, -0.05) is 60.7 Å². The number of rotatable bonds is 2. The van der Waals surface area contributed by atoms with Gasteiger partial charge in [0.2, 0.25) is 0 Å². The Bertz CT molecular complexity index is 814. The summed E-state index contributed by atoms with van der Waals surface area (Å²) in [6, 6.07) is 19.1. The second kappa shape index (κ2) is 5.47. The number of hydrogen-bond donors (Lipinski definition) is 2. The third kappa shape index (κ3) is 2.26. The van der Waals surface area contributed by atoms with Crippen molar-refractivity contribution >= 4 is 17.0 Å². The first-order chi connectivity index (χ1) is 10.8. The van der Waals surface area contributed by atoms with Crippen LogP contribution < -0.4 is 5.73 Å². The van der Waals surface area contributed by atoms with Gasteiger partial charge in [0.1, 0.15) is 0 Å². The van der Waals surface area contributed by atoms with Crippen molar-refractivity contribution in [2.24, 2.45) is 5.73 Å². The Morgan fingerprint density at radius 2 is 1.73 bits per heavy atom. The van der Waals surface area contributed by atoms with Crippen molar-refractivity contribution in [2.45, 2.75) is 24.8 Å². The molecule has 2 nitrogen and oxygen atoms in total. The Kier molecular flexibility index (Phi) is 3.32. The van der Waals surface area contributed by atoms with Gasteiger partial charge in [0.25, 0.3) is 0 Å². The zero-order valence-electron chi connectivity index (χ0n) is 12.5. The van der Waals surface area contributed by atoms with Gasteiger partial charge < -0.3 is 10.7 Å². The summed E-state index contributed by atoms with van der Waals surface area (Å²) in [6.45, 7) is 0. The minimum absolute atomic E-state index is 0.128. The Morgan fingerprint density at radius 3 is 2.59 bits per heavy atom. The highest BCUT2D eigenvalue weighted by molar-refractivity contribution is 5.86. The third-order valence-corrected chi connectivity index (χ3v) is 4.63. The zero-order chi connectivity index (χ0) is 14.9. The normalized spacial score (nSPS) is 21.3. The molecule has 2 atom stereocenters. The number of fused-ring (bicyclic) bond motifs is 3. The van der Waals surface area contributed by atoms with Crippen LogP contribution in [0.15, 0.2) is 60.7 Å². The Balaban J connectivity index is 1.77.